The van der Waals surface area contributed by atoms with Gasteiger partial charge >= 0.3 is 0 Å². The molecule has 0 aliphatic rings. The van der Waals surface area contributed by atoms with Crippen LogP contribution in [0, 0.1) is 5.41 Å². The predicted molar refractivity (Wildman–Crippen MR) is 99.9 cm³/mol. The standard InChI is InChI=1S/C20H23N5O/c1-20(2,3)11-17(15-7-6-10-21-12-15)24-19(26)16-8-4-5-9-18(16)25-14-22-13-23-25/h4-10,12-14,17H,11H2,1-3H3,(H,24,26)/t17-/m0/s1. The van der Waals surface area contributed by atoms with Crippen LogP contribution in [0.2, 0.25) is 0 Å². The minimum absolute atomic E-state index is 0.0548. The molecule has 2 aromatic heterocycles. The van der Waals surface area contributed by atoms with Gasteiger partial charge in [-0.15, -0.1) is 0 Å². The minimum atomic E-state index is -0.144. The summed E-state index contributed by atoms with van der Waals surface area (Å²) in [5.41, 5.74) is 2.30. The van der Waals surface area contributed by atoms with Crippen molar-refractivity contribution in [1.82, 2.24) is 25.1 Å². The normalized spacial score (nSPS) is 12.6. The summed E-state index contributed by atoms with van der Waals surface area (Å²) in [4.78, 5) is 21.2. The number of carbonyl (C=O) groups excluding carboxylic acids is 1. The summed E-state index contributed by atoms with van der Waals surface area (Å²) in [7, 11) is 0. The van der Waals surface area contributed by atoms with Crippen LogP contribution in [0.15, 0.2) is 61.4 Å². The van der Waals surface area contributed by atoms with Crippen LogP contribution < -0.4 is 5.32 Å². The van der Waals surface area contributed by atoms with Gasteiger partial charge in [-0.2, -0.15) is 5.10 Å². The van der Waals surface area contributed by atoms with E-state index >= 15 is 0 Å². The average Bonchev–Trinajstić information content (AvgIpc) is 3.15. The van der Waals surface area contributed by atoms with Crippen LogP contribution in [0.4, 0.5) is 0 Å². The van der Waals surface area contributed by atoms with Gasteiger partial charge in [-0.05, 0) is 35.6 Å². The van der Waals surface area contributed by atoms with Crippen molar-refractivity contribution in [3.63, 3.8) is 0 Å². The SMILES string of the molecule is CC(C)(C)C[C@H](NC(=O)c1ccccc1-n1cncn1)c1cccnc1. The highest BCUT2D eigenvalue weighted by atomic mass is 16.1. The van der Waals surface area contributed by atoms with E-state index in [0.29, 0.717) is 11.3 Å². The van der Waals surface area contributed by atoms with Crippen molar-refractivity contribution in [3.8, 4) is 5.69 Å². The van der Waals surface area contributed by atoms with E-state index in [-0.39, 0.29) is 17.4 Å². The van der Waals surface area contributed by atoms with E-state index in [4.69, 9.17) is 0 Å². The lowest BCUT2D eigenvalue weighted by Crippen LogP contribution is -2.32. The fourth-order valence-corrected chi connectivity index (χ4v) is 2.88. The van der Waals surface area contributed by atoms with Crippen molar-refractivity contribution in [1.29, 1.82) is 0 Å². The summed E-state index contributed by atoms with van der Waals surface area (Å²) >= 11 is 0. The number of hydrogen-bond donors (Lipinski definition) is 1. The molecule has 1 aromatic carbocycles. The molecule has 2 heterocycles. The van der Waals surface area contributed by atoms with Gasteiger partial charge in [0.1, 0.15) is 12.7 Å². The van der Waals surface area contributed by atoms with Crippen molar-refractivity contribution < 1.29 is 4.79 Å². The van der Waals surface area contributed by atoms with E-state index in [2.05, 4.69) is 41.2 Å². The molecule has 1 atom stereocenters. The molecule has 134 valence electrons. The Labute approximate surface area is 153 Å². The first-order valence-electron chi connectivity index (χ1n) is 8.59. The minimum Gasteiger partial charge on any atom is -0.345 e. The fourth-order valence-electron chi connectivity index (χ4n) is 2.88. The molecule has 0 aliphatic heterocycles. The zero-order valence-corrected chi connectivity index (χ0v) is 15.3. The van der Waals surface area contributed by atoms with Gasteiger partial charge in [0.05, 0.1) is 17.3 Å². The van der Waals surface area contributed by atoms with Crippen LogP contribution in [-0.2, 0) is 0 Å². The lowest BCUT2D eigenvalue weighted by Gasteiger charge is -2.27. The Balaban J connectivity index is 1.89. The third-order valence-corrected chi connectivity index (χ3v) is 4.02. The predicted octanol–water partition coefficient (Wildman–Crippen LogP) is 3.57. The third-order valence-electron chi connectivity index (χ3n) is 4.02. The van der Waals surface area contributed by atoms with Crippen molar-refractivity contribution in [2.75, 3.05) is 0 Å². The highest BCUT2D eigenvalue weighted by Gasteiger charge is 2.24. The topological polar surface area (TPSA) is 72.7 Å². The Morgan fingerprint density at radius 2 is 1.96 bits per heavy atom. The van der Waals surface area contributed by atoms with Gasteiger partial charge in [-0.25, -0.2) is 9.67 Å². The summed E-state index contributed by atoms with van der Waals surface area (Å²) in [6.07, 6.45) is 7.38. The molecular weight excluding hydrogens is 326 g/mol. The molecule has 6 heteroatoms. The van der Waals surface area contributed by atoms with Gasteiger partial charge in [-0.1, -0.05) is 39.0 Å². The second-order valence-electron chi connectivity index (χ2n) is 7.43. The van der Waals surface area contributed by atoms with Crippen LogP contribution in [0.1, 0.15) is 49.2 Å². The molecule has 0 saturated carbocycles. The number of nitrogens with zero attached hydrogens (tertiary/aromatic N) is 4. The number of carbonyl (C=O) groups is 1. The van der Waals surface area contributed by atoms with E-state index in [1.165, 1.54) is 6.33 Å². The quantitative estimate of drug-likeness (QED) is 0.764. The average molecular weight is 349 g/mol. The molecule has 3 rings (SSSR count). The van der Waals surface area contributed by atoms with Crippen LogP contribution in [0.25, 0.3) is 5.69 Å². The maximum Gasteiger partial charge on any atom is 0.253 e. The molecule has 0 aliphatic carbocycles. The summed E-state index contributed by atoms with van der Waals surface area (Å²) in [5.74, 6) is -0.144. The maximum atomic E-state index is 13.0. The smallest absolute Gasteiger partial charge is 0.253 e. The first-order chi connectivity index (χ1) is 12.4. The molecule has 1 amide bonds. The van der Waals surface area contributed by atoms with Gasteiger partial charge in [-0.3, -0.25) is 9.78 Å². The third kappa shape index (κ3) is 4.33. The Kier molecular flexibility index (Phi) is 5.11. The first kappa shape index (κ1) is 17.8. The van der Waals surface area contributed by atoms with Crippen molar-refractivity contribution >= 4 is 5.91 Å². The summed E-state index contributed by atoms with van der Waals surface area (Å²) in [6.45, 7) is 6.48. The number of benzene rings is 1. The van der Waals surface area contributed by atoms with Crippen LogP contribution in [0.5, 0.6) is 0 Å². The number of amides is 1. The monoisotopic (exact) mass is 349 g/mol. The Morgan fingerprint density at radius 1 is 1.15 bits per heavy atom. The van der Waals surface area contributed by atoms with Crippen LogP contribution in [0.3, 0.4) is 0 Å². The highest BCUT2D eigenvalue weighted by Crippen LogP contribution is 2.29. The van der Waals surface area contributed by atoms with E-state index in [9.17, 15) is 4.79 Å². The van der Waals surface area contributed by atoms with Gasteiger partial charge in [0.25, 0.3) is 5.91 Å². The maximum absolute atomic E-state index is 13.0. The lowest BCUT2D eigenvalue weighted by molar-refractivity contribution is 0.0926. The summed E-state index contributed by atoms with van der Waals surface area (Å²) in [5, 5.41) is 7.31. The number of rotatable bonds is 5. The molecule has 0 radical (unpaired) electrons. The molecule has 3 aromatic rings. The number of hydrogen-bond acceptors (Lipinski definition) is 4. The number of aromatic nitrogens is 4. The van der Waals surface area contributed by atoms with Crippen molar-refractivity contribution in [3.05, 3.63) is 72.6 Å². The molecule has 1 N–H and O–H groups in total. The van der Waals surface area contributed by atoms with Gasteiger partial charge in [0, 0.05) is 12.4 Å². The van der Waals surface area contributed by atoms with E-state index < -0.39 is 0 Å². The Morgan fingerprint density at radius 3 is 2.62 bits per heavy atom. The molecule has 26 heavy (non-hydrogen) atoms. The lowest BCUT2D eigenvalue weighted by atomic mass is 9.85. The fraction of sp³-hybridized carbons (Fsp3) is 0.300. The van der Waals surface area contributed by atoms with Gasteiger partial charge < -0.3 is 5.32 Å². The van der Waals surface area contributed by atoms with Crippen LogP contribution >= 0.6 is 0 Å². The largest absolute Gasteiger partial charge is 0.345 e. The molecule has 0 saturated heterocycles. The highest BCUT2D eigenvalue weighted by molar-refractivity contribution is 5.98. The number of nitrogens with one attached hydrogen (secondary N) is 1. The van der Waals surface area contributed by atoms with Crippen molar-refractivity contribution in [2.24, 2.45) is 5.41 Å². The number of pyridine rings is 1. The Bertz CT molecular complexity index is 853. The zero-order valence-electron chi connectivity index (χ0n) is 15.3. The number of para-hydroxylation sites is 1. The van der Waals surface area contributed by atoms with Crippen LogP contribution in [-0.4, -0.2) is 25.7 Å². The second-order valence-corrected chi connectivity index (χ2v) is 7.43. The summed E-state index contributed by atoms with van der Waals surface area (Å²) in [6, 6.07) is 11.1. The molecule has 0 bridgehead atoms. The molecule has 0 fully saturated rings. The van der Waals surface area contributed by atoms with Gasteiger partial charge in [0.15, 0.2) is 0 Å². The van der Waals surface area contributed by atoms with Crippen molar-refractivity contribution in [2.45, 2.75) is 33.2 Å². The first-order valence-corrected chi connectivity index (χ1v) is 8.59. The second kappa shape index (κ2) is 7.47. The molecule has 0 unspecified atom stereocenters. The van der Waals surface area contributed by atoms with E-state index in [0.717, 1.165) is 12.0 Å². The summed E-state index contributed by atoms with van der Waals surface area (Å²) < 4.78 is 1.59. The molecular formula is C20H23N5O. The molecule has 6 nitrogen and oxygen atoms in total. The Hall–Kier alpha value is -3.02. The van der Waals surface area contributed by atoms with E-state index in [1.807, 2.05) is 30.3 Å². The zero-order chi connectivity index (χ0) is 18.6. The van der Waals surface area contributed by atoms with Gasteiger partial charge in [0.2, 0.25) is 0 Å². The molecule has 0 spiro atoms. The van der Waals surface area contributed by atoms with E-state index in [1.54, 1.807) is 29.5 Å².